The molecule has 15 heavy (non-hydrogen) atoms. The number of methoxy groups -OCH3 is 1. The third kappa shape index (κ3) is 4.73. The van der Waals surface area contributed by atoms with Gasteiger partial charge in [0.2, 0.25) is 0 Å². The molecular formula is C11H20N2OS. The molecule has 0 saturated heterocycles. The maximum Gasteiger partial charge on any atom is 0.0897 e. The van der Waals surface area contributed by atoms with E-state index < -0.39 is 0 Å². The summed E-state index contributed by atoms with van der Waals surface area (Å²) >= 11 is 1.72. The minimum absolute atomic E-state index is 0.467. The van der Waals surface area contributed by atoms with Crippen molar-refractivity contribution in [1.82, 2.24) is 10.3 Å². The predicted octanol–water partition coefficient (Wildman–Crippen LogP) is 2.01. The highest BCUT2D eigenvalue weighted by molar-refractivity contribution is 7.09. The summed E-state index contributed by atoms with van der Waals surface area (Å²) in [6.07, 6.45) is 2.11. The lowest BCUT2D eigenvalue weighted by molar-refractivity contribution is 0.164. The summed E-state index contributed by atoms with van der Waals surface area (Å²) in [6.45, 7) is 5.97. The van der Waals surface area contributed by atoms with Gasteiger partial charge >= 0.3 is 0 Å². The fourth-order valence-electron chi connectivity index (χ4n) is 1.45. The van der Waals surface area contributed by atoms with Crippen molar-refractivity contribution in [3.63, 3.8) is 0 Å². The number of rotatable bonds is 7. The Hall–Kier alpha value is -0.450. The SMILES string of the molecule is CCC(COC)NCCc1csc(C)n1. The van der Waals surface area contributed by atoms with Crippen LogP contribution in [0.2, 0.25) is 0 Å². The molecule has 0 fully saturated rings. The minimum atomic E-state index is 0.467. The molecule has 1 aromatic rings. The van der Waals surface area contributed by atoms with Crippen molar-refractivity contribution >= 4 is 11.3 Å². The van der Waals surface area contributed by atoms with Crippen molar-refractivity contribution in [1.29, 1.82) is 0 Å². The summed E-state index contributed by atoms with van der Waals surface area (Å²) in [5.41, 5.74) is 1.19. The lowest BCUT2D eigenvalue weighted by Crippen LogP contribution is -2.34. The fourth-order valence-corrected chi connectivity index (χ4v) is 2.10. The highest BCUT2D eigenvalue weighted by Gasteiger charge is 2.04. The summed E-state index contributed by atoms with van der Waals surface area (Å²) in [5.74, 6) is 0. The smallest absolute Gasteiger partial charge is 0.0897 e. The van der Waals surface area contributed by atoms with Crippen molar-refractivity contribution in [3.05, 3.63) is 16.1 Å². The van der Waals surface area contributed by atoms with Crippen LogP contribution < -0.4 is 5.32 Å². The Morgan fingerprint density at radius 3 is 2.93 bits per heavy atom. The molecule has 1 unspecified atom stereocenters. The molecule has 1 heterocycles. The van der Waals surface area contributed by atoms with Gasteiger partial charge in [0.05, 0.1) is 17.3 Å². The molecular weight excluding hydrogens is 208 g/mol. The van der Waals surface area contributed by atoms with Gasteiger partial charge in [-0.3, -0.25) is 0 Å². The van der Waals surface area contributed by atoms with E-state index in [9.17, 15) is 0 Å². The van der Waals surface area contributed by atoms with E-state index in [2.05, 4.69) is 22.6 Å². The van der Waals surface area contributed by atoms with Crippen LogP contribution in [0.1, 0.15) is 24.0 Å². The maximum absolute atomic E-state index is 5.13. The number of nitrogens with zero attached hydrogens (tertiary/aromatic N) is 1. The van der Waals surface area contributed by atoms with Gasteiger partial charge in [-0.25, -0.2) is 4.98 Å². The number of hydrogen-bond donors (Lipinski definition) is 1. The monoisotopic (exact) mass is 228 g/mol. The van der Waals surface area contributed by atoms with E-state index in [-0.39, 0.29) is 0 Å². The molecule has 0 bridgehead atoms. The topological polar surface area (TPSA) is 34.1 Å². The van der Waals surface area contributed by atoms with Crippen molar-refractivity contribution < 1.29 is 4.74 Å². The van der Waals surface area contributed by atoms with Crippen LogP contribution in [0.5, 0.6) is 0 Å². The number of nitrogens with one attached hydrogen (secondary N) is 1. The molecule has 1 atom stereocenters. The summed E-state index contributed by atoms with van der Waals surface area (Å²) in [7, 11) is 1.74. The zero-order valence-corrected chi connectivity index (χ0v) is 10.6. The molecule has 0 saturated carbocycles. The second-order valence-electron chi connectivity index (χ2n) is 3.62. The van der Waals surface area contributed by atoms with Crippen LogP contribution in [-0.2, 0) is 11.2 Å². The molecule has 0 aromatic carbocycles. The summed E-state index contributed by atoms with van der Waals surface area (Å²) in [4.78, 5) is 4.43. The van der Waals surface area contributed by atoms with Crippen LogP contribution in [-0.4, -0.2) is 31.3 Å². The van der Waals surface area contributed by atoms with E-state index in [1.807, 2.05) is 6.92 Å². The first-order valence-electron chi connectivity index (χ1n) is 5.39. The van der Waals surface area contributed by atoms with Gasteiger partial charge in [-0.15, -0.1) is 11.3 Å². The third-order valence-electron chi connectivity index (χ3n) is 2.34. The van der Waals surface area contributed by atoms with Crippen LogP contribution >= 0.6 is 11.3 Å². The second-order valence-corrected chi connectivity index (χ2v) is 4.68. The van der Waals surface area contributed by atoms with Gasteiger partial charge in [0.1, 0.15) is 0 Å². The van der Waals surface area contributed by atoms with E-state index in [1.54, 1.807) is 18.4 Å². The maximum atomic E-state index is 5.13. The molecule has 1 N–H and O–H groups in total. The molecule has 0 aliphatic heterocycles. The van der Waals surface area contributed by atoms with E-state index >= 15 is 0 Å². The van der Waals surface area contributed by atoms with E-state index in [1.165, 1.54) is 5.69 Å². The summed E-state index contributed by atoms with van der Waals surface area (Å²) in [6, 6.07) is 0.467. The van der Waals surface area contributed by atoms with E-state index in [0.717, 1.165) is 31.0 Å². The number of thiazole rings is 1. The van der Waals surface area contributed by atoms with Crippen LogP contribution in [0.15, 0.2) is 5.38 Å². The highest BCUT2D eigenvalue weighted by Crippen LogP contribution is 2.07. The molecule has 0 aliphatic carbocycles. The Bertz CT molecular complexity index is 275. The molecule has 0 amide bonds. The molecule has 3 nitrogen and oxygen atoms in total. The second kappa shape index (κ2) is 6.93. The molecule has 0 radical (unpaired) electrons. The van der Waals surface area contributed by atoms with Gasteiger partial charge in [-0.05, 0) is 13.3 Å². The minimum Gasteiger partial charge on any atom is -0.383 e. The van der Waals surface area contributed by atoms with Gasteiger partial charge in [0, 0.05) is 31.5 Å². The van der Waals surface area contributed by atoms with Crippen molar-refractivity contribution in [3.8, 4) is 0 Å². The highest BCUT2D eigenvalue weighted by atomic mass is 32.1. The van der Waals surface area contributed by atoms with E-state index in [4.69, 9.17) is 4.74 Å². The van der Waals surface area contributed by atoms with Crippen LogP contribution in [0.3, 0.4) is 0 Å². The Labute approximate surface area is 95.9 Å². The lowest BCUT2D eigenvalue weighted by Gasteiger charge is -2.15. The van der Waals surface area contributed by atoms with Gasteiger partial charge in [0.25, 0.3) is 0 Å². The lowest BCUT2D eigenvalue weighted by atomic mass is 10.2. The Balaban J connectivity index is 2.20. The number of ether oxygens (including phenoxy) is 1. The molecule has 1 rings (SSSR count). The van der Waals surface area contributed by atoms with Gasteiger partial charge < -0.3 is 10.1 Å². The standard InChI is InChI=1S/C11H20N2OS/c1-4-10(7-14-3)12-6-5-11-8-15-9(2)13-11/h8,10,12H,4-7H2,1-3H3. The third-order valence-corrected chi connectivity index (χ3v) is 3.16. The Morgan fingerprint density at radius 2 is 2.40 bits per heavy atom. The summed E-state index contributed by atoms with van der Waals surface area (Å²) < 4.78 is 5.13. The van der Waals surface area contributed by atoms with Crippen LogP contribution in [0.4, 0.5) is 0 Å². The Kier molecular flexibility index (Phi) is 5.83. The first-order valence-corrected chi connectivity index (χ1v) is 6.27. The van der Waals surface area contributed by atoms with Gasteiger partial charge in [-0.2, -0.15) is 0 Å². The summed E-state index contributed by atoms with van der Waals surface area (Å²) in [5, 5.41) is 6.75. The van der Waals surface area contributed by atoms with Crippen molar-refractivity contribution in [2.45, 2.75) is 32.7 Å². The number of aromatic nitrogens is 1. The first-order chi connectivity index (χ1) is 7.26. The van der Waals surface area contributed by atoms with Crippen LogP contribution in [0.25, 0.3) is 0 Å². The number of aryl methyl sites for hydroxylation is 1. The quantitative estimate of drug-likeness (QED) is 0.775. The average molecular weight is 228 g/mol. The average Bonchev–Trinajstić information content (AvgIpc) is 2.63. The van der Waals surface area contributed by atoms with Crippen molar-refractivity contribution in [2.24, 2.45) is 0 Å². The van der Waals surface area contributed by atoms with Gasteiger partial charge in [-0.1, -0.05) is 6.92 Å². The molecule has 1 aromatic heterocycles. The largest absolute Gasteiger partial charge is 0.383 e. The molecule has 4 heteroatoms. The number of hydrogen-bond acceptors (Lipinski definition) is 4. The normalized spacial score (nSPS) is 13.0. The first kappa shape index (κ1) is 12.6. The zero-order valence-electron chi connectivity index (χ0n) is 9.75. The van der Waals surface area contributed by atoms with Crippen LogP contribution in [0, 0.1) is 6.92 Å². The zero-order chi connectivity index (χ0) is 11.1. The molecule has 0 aliphatic rings. The molecule has 0 spiro atoms. The predicted molar refractivity (Wildman–Crippen MR) is 64.5 cm³/mol. The Morgan fingerprint density at radius 1 is 1.60 bits per heavy atom. The fraction of sp³-hybridized carbons (Fsp3) is 0.727. The van der Waals surface area contributed by atoms with Crippen molar-refractivity contribution in [2.75, 3.05) is 20.3 Å². The molecule has 86 valence electrons. The van der Waals surface area contributed by atoms with E-state index in [0.29, 0.717) is 6.04 Å². The van der Waals surface area contributed by atoms with Gasteiger partial charge in [0.15, 0.2) is 0 Å².